The van der Waals surface area contributed by atoms with Gasteiger partial charge in [-0.1, -0.05) is 0 Å². The van der Waals surface area contributed by atoms with E-state index < -0.39 is 17.9 Å². The molecule has 1 aliphatic carbocycles. The number of ether oxygens (including phenoxy) is 1. The highest BCUT2D eigenvalue weighted by atomic mass is 16.5. The van der Waals surface area contributed by atoms with E-state index in [9.17, 15) is 14.4 Å². The molecular formula is C11H18N2O5. The molecule has 0 bridgehead atoms. The van der Waals surface area contributed by atoms with Crippen LogP contribution in [0.1, 0.15) is 25.7 Å². The molecule has 3 amide bonds. The first kappa shape index (κ1) is 14.4. The first-order valence-corrected chi connectivity index (χ1v) is 5.95. The number of hydrogen-bond donors (Lipinski definition) is 3. The third-order valence-electron chi connectivity index (χ3n) is 2.40. The fourth-order valence-corrected chi connectivity index (χ4v) is 1.23. The number of urea groups is 1. The lowest BCUT2D eigenvalue weighted by atomic mass is 10.3. The summed E-state index contributed by atoms with van der Waals surface area (Å²) in [6.07, 6.45) is 1.93. The fourth-order valence-electron chi connectivity index (χ4n) is 1.23. The zero-order valence-electron chi connectivity index (χ0n) is 10.1. The summed E-state index contributed by atoms with van der Waals surface area (Å²) >= 11 is 0. The van der Waals surface area contributed by atoms with Gasteiger partial charge in [0.2, 0.25) is 5.91 Å². The van der Waals surface area contributed by atoms with E-state index in [1.807, 2.05) is 5.32 Å². The zero-order chi connectivity index (χ0) is 13.4. The molecule has 0 atom stereocenters. The van der Waals surface area contributed by atoms with Crippen LogP contribution in [0.5, 0.6) is 0 Å². The molecular weight excluding hydrogens is 240 g/mol. The van der Waals surface area contributed by atoms with Crippen molar-refractivity contribution in [2.75, 3.05) is 19.8 Å². The maximum Gasteiger partial charge on any atom is 0.321 e. The molecule has 0 spiro atoms. The quantitative estimate of drug-likeness (QED) is 0.536. The molecule has 1 rings (SSSR count). The standard InChI is InChI=1S/C11H18N2O5/c14-9(3-4-10(15)16)13-11(17)12-5-6-18-7-8-1-2-8/h8H,1-7H2,(H,15,16)(H2,12,13,14,17). The van der Waals surface area contributed by atoms with Gasteiger partial charge in [-0.3, -0.25) is 14.9 Å². The summed E-state index contributed by atoms with van der Waals surface area (Å²) in [4.78, 5) is 32.4. The topological polar surface area (TPSA) is 105 Å². The second-order valence-electron chi connectivity index (χ2n) is 4.22. The number of carbonyl (C=O) groups is 3. The lowest BCUT2D eigenvalue weighted by Crippen LogP contribution is -2.40. The van der Waals surface area contributed by atoms with Gasteiger partial charge in [0, 0.05) is 19.6 Å². The molecule has 1 aliphatic rings. The summed E-state index contributed by atoms with van der Waals surface area (Å²) < 4.78 is 5.29. The Hall–Kier alpha value is -1.63. The number of nitrogens with one attached hydrogen (secondary N) is 2. The van der Waals surface area contributed by atoms with E-state index in [2.05, 4.69) is 5.32 Å². The van der Waals surface area contributed by atoms with Crippen LogP contribution in [-0.2, 0) is 14.3 Å². The van der Waals surface area contributed by atoms with Crippen LogP contribution in [0.3, 0.4) is 0 Å². The van der Waals surface area contributed by atoms with Gasteiger partial charge in [0.05, 0.1) is 13.0 Å². The average molecular weight is 258 g/mol. The second kappa shape index (κ2) is 7.65. The Morgan fingerprint density at radius 2 is 1.94 bits per heavy atom. The van der Waals surface area contributed by atoms with Crippen LogP contribution >= 0.6 is 0 Å². The molecule has 1 fully saturated rings. The zero-order valence-corrected chi connectivity index (χ0v) is 10.1. The van der Waals surface area contributed by atoms with E-state index in [1.165, 1.54) is 12.8 Å². The Balaban J connectivity index is 1.94. The maximum absolute atomic E-state index is 11.2. The third-order valence-corrected chi connectivity index (χ3v) is 2.40. The highest BCUT2D eigenvalue weighted by Crippen LogP contribution is 2.28. The molecule has 0 aromatic heterocycles. The van der Waals surface area contributed by atoms with Crippen molar-refractivity contribution in [3.63, 3.8) is 0 Å². The Bertz CT molecular complexity index is 315. The molecule has 18 heavy (non-hydrogen) atoms. The Kier molecular flexibility index (Phi) is 6.13. The van der Waals surface area contributed by atoms with Gasteiger partial charge in [0.15, 0.2) is 0 Å². The van der Waals surface area contributed by atoms with Crippen LogP contribution in [0.15, 0.2) is 0 Å². The van der Waals surface area contributed by atoms with E-state index in [0.717, 1.165) is 6.61 Å². The summed E-state index contributed by atoms with van der Waals surface area (Å²) in [6, 6.07) is -0.625. The van der Waals surface area contributed by atoms with E-state index in [4.69, 9.17) is 9.84 Å². The lowest BCUT2D eigenvalue weighted by Gasteiger charge is -2.06. The Morgan fingerprint density at radius 1 is 1.22 bits per heavy atom. The molecule has 0 heterocycles. The van der Waals surface area contributed by atoms with E-state index in [0.29, 0.717) is 19.1 Å². The second-order valence-corrected chi connectivity index (χ2v) is 4.22. The van der Waals surface area contributed by atoms with Crippen molar-refractivity contribution in [1.29, 1.82) is 0 Å². The number of rotatable bonds is 8. The Morgan fingerprint density at radius 3 is 2.56 bits per heavy atom. The minimum absolute atomic E-state index is 0.207. The van der Waals surface area contributed by atoms with Crippen LogP contribution in [0.4, 0.5) is 4.79 Å². The van der Waals surface area contributed by atoms with Crippen LogP contribution in [0.2, 0.25) is 0 Å². The lowest BCUT2D eigenvalue weighted by molar-refractivity contribution is -0.138. The van der Waals surface area contributed by atoms with Crippen LogP contribution in [0, 0.1) is 5.92 Å². The van der Waals surface area contributed by atoms with Gasteiger partial charge in [0.25, 0.3) is 0 Å². The van der Waals surface area contributed by atoms with Gasteiger partial charge >= 0.3 is 12.0 Å². The van der Waals surface area contributed by atoms with Crippen LogP contribution in [0.25, 0.3) is 0 Å². The van der Waals surface area contributed by atoms with E-state index in [-0.39, 0.29) is 12.8 Å². The highest BCUT2D eigenvalue weighted by molar-refractivity contribution is 5.95. The van der Waals surface area contributed by atoms with Crippen molar-refractivity contribution >= 4 is 17.9 Å². The smallest absolute Gasteiger partial charge is 0.321 e. The van der Waals surface area contributed by atoms with Crippen molar-refractivity contribution in [3.8, 4) is 0 Å². The number of carboxylic acids is 1. The SMILES string of the molecule is O=C(O)CCC(=O)NC(=O)NCCOCC1CC1. The summed E-state index contributed by atoms with van der Waals surface area (Å²) in [5.41, 5.74) is 0. The molecule has 102 valence electrons. The van der Waals surface area contributed by atoms with Crippen LogP contribution in [-0.4, -0.2) is 42.8 Å². The molecule has 1 saturated carbocycles. The molecule has 0 unspecified atom stereocenters. The minimum Gasteiger partial charge on any atom is -0.481 e. The fraction of sp³-hybridized carbons (Fsp3) is 0.727. The summed E-state index contributed by atoms with van der Waals surface area (Å²) in [5, 5.41) is 12.8. The van der Waals surface area contributed by atoms with Gasteiger partial charge in [-0.15, -0.1) is 0 Å². The molecule has 0 aromatic rings. The molecule has 0 aromatic carbocycles. The van der Waals surface area contributed by atoms with Gasteiger partial charge in [-0.05, 0) is 18.8 Å². The first-order valence-electron chi connectivity index (χ1n) is 5.95. The molecule has 7 heteroatoms. The van der Waals surface area contributed by atoms with Crippen molar-refractivity contribution in [1.82, 2.24) is 10.6 Å². The molecule has 3 N–H and O–H groups in total. The molecule has 0 aliphatic heterocycles. The maximum atomic E-state index is 11.2. The van der Waals surface area contributed by atoms with E-state index in [1.54, 1.807) is 0 Å². The largest absolute Gasteiger partial charge is 0.481 e. The van der Waals surface area contributed by atoms with Gasteiger partial charge in [0.1, 0.15) is 0 Å². The normalized spacial score (nSPS) is 14.0. The number of carboxylic acid groups (broad SMARTS) is 1. The van der Waals surface area contributed by atoms with Crippen molar-refractivity contribution in [2.24, 2.45) is 5.92 Å². The predicted octanol–water partition coefficient (Wildman–Crippen LogP) is 0.104. The number of carbonyl (C=O) groups excluding carboxylic acids is 2. The predicted molar refractivity (Wildman–Crippen MR) is 62.0 cm³/mol. The van der Waals surface area contributed by atoms with Gasteiger partial charge in [-0.25, -0.2) is 4.79 Å². The Labute approximate surface area is 105 Å². The number of imide groups is 1. The van der Waals surface area contributed by atoms with Gasteiger partial charge in [-0.2, -0.15) is 0 Å². The summed E-state index contributed by atoms with van der Waals surface area (Å²) in [5.74, 6) is -0.996. The van der Waals surface area contributed by atoms with Crippen molar-refractivity contribution < 1.29 is 24.2 Å². The number of hydrogen-bond acceptors (Lipinski definition) is 4. The number of aliphatic carboxylic acids is 1. The highest BCUT2D eigenvalue weighted by Gasteiger charge is 2.20. The monoisotopic (exact) mass is 258 g/mol. The van der Waals surface area contributed by atoms with Crippen LogP contribution < -0.4 is 10.6 Å². The average Bonchev–Trinajstić information content (AvgIpc) is 3.10. The first-order chi connectivity index (χ1) is 8.58. The molecule has 0 saturated heterocycles. The molecule has 7 nitrogen and oxygen atoms in total. The van der Waals surface area contributed by atoms with Crippen molar-refractivity contribution in [3.05, 3.63) is 0 Å². The minimum atomic E-state index is -1.07. The van der Waals surface area contributed by atoms with Crippen molar-refractivity contribution in [2.45, 2.75) is 25.7 Å². The third kappa shape index (κ3) is 7.61. The number of amides is 3. The van der Waals surface area contributed by atoms with Gasteiger partial charge < -0.3 is 15.2 Å². The molecule has 0 radical (unpaired) electrons. The summed E-state index contributed by atoms with van der Waals surface area (Å²) in [6.45, 7) is 1.46. The summed E-state index contributed by atoms with van der Waals surface area (Å²) in [7, 11) is 0. The van der Waals surface area contributed by atoms with E-state index >= 15 is 0 Å².